The molecule has 1 amide bonds. The van der Waals surface area contributed by atoms with E-state index in [9.17, 15) is 14.7 Å². The van der Waals surface area contributed by atoms with Crippen molar-refractivity contribution in [2.75, 3.05) is 13.2 Å². The van der Waals surface area contributed by atoms with Gasteiger partial charge in [-0.1, -0.05) is 25.7 Å². The topological polar surface area (TPSA) is 75.6 Å². The zero-order valence-electron chi connectivity index (χ0n) is 12.7. The maximum absolute atomic E-state index is 11.9. The highest BCUT2D eigenvalue weighted by atomic mass is 16.5. The van der Waals surface area contributed by atoms with Crippen LogP contribution in [0.15, 0.2) is 0 Å². The lowest BCUT2D eigenvalue weighted by Gasteiger charge is -2.28. The van der Waals surface area contributed by atoms with Crippen LogP contribution in [0.3, 0.4) is 0 Å². The molecule has 21 heavy (non-hydrogen) atoms. The van der Waals surface area contributed by atoms with Gasteiger partial charge in [-0.3, -0.25) is 9.59 Å². The predicted octanol–water partition coefficient (Wildman–Crippen LogP) is 2.49. The van der Waals surface area contributed by atoms with Crippen molar-refractivity contribution in [1.82, 2.24) is 5.32 Å². The summed E-state index contributed by atoms with van der Waals surface area (Å²) < 4.78 is 5.50. The molecule has 0 radical (unpaired) electrons. The normalized spacial score (nSPS) is 25.2. The van der Waals surface area contributed by atoms with Gasteiger partial charge in [-0.2, -0.15) is 0 Å². The van der Waals surface area contributed by atoms with E-state index in [1.807, 2.05) is 0 Å². The zero-order valence-corrected chi connectivity index (χ0v) is 12.7. The number of nitrogens with one attached hydrogen (secondary N) is 1. The Morgan fingerprint density at radius 2 is 1.86 bits per heavy atom. The van der Waals surface area contributed by atoms with Crippen molar-refractivity contribution >= 4 is 11.9 Å². The minimum absolute atomic E-state index is 0.0460. The van der Waals surface area contributed by atoms with E-state index in [-0.39, 0.29) is 18.6 Å². The molecule has 2 fully saturated rings. The maximum Gasteiger partial charge on any atom is 0.311 e. The molecule has 2 rings (SSSR count). The quantitative estimate of drug-likeness (QED) is 0.739. The number of carbonyl (C=O) groups is 2. The Labute approximate surface area is 126 Å². The monoisotopic (exact) mass is 297 g/mol. The first-order valence-corrected chi connectivity index (χ1v) is 8.24. The fourth-order valence-electron chi connectivity index (χ4n) is 3.39. The molecule has 1 saturated heterocycles. The van der Waals surface area contributed by atoms with Crippen molar-refractivity contribution in [1.29, 1.82) is 0 Å². The Bertz CT molecular complexity index is 355. The summed E-state index contributed by atoms with van der Waals surface area (Å²) >= 11 is 0. The molecule has 0 aromatic carbocycles. The highest BCUT2D eigenvalue weighted by Gasteiger charge is 2.38. The molecule has 5 nitrogen and oxygen atoms in total. The molecule has 1 heterocycles. The summed E-state index contributed by atoms with van der Waals surface area (Å²) in [4.78, 5) is 23.6. The predicted molar refractivity (Wildman–Crippen MR) is 79.0 cm³/mol. The van der Waals surface area contributed by atoms with Gasteiger partial charge in [-0.15, -0.1) is 0 Å². The summed E-state index contributed by atoms with van der Waals surface area (Å²) in [6.07, 6.45) is 8.93. The van der Waals surface area contributed by atoms with Crippen LogP contribution in [0.25, 0.3) is 0 Å². The minimum atomic E-state index is -0.760. The average Bonchev–Trinajstić information content (AvgIpc) is 2.87. The van der Waals surface area contributed by atoms with Crippen LogP contribution < -0.4 is 5.32 Å². The minimum Gasteiger partial charge on any atom is -0.481 e. The fourth-order valence-corrected chi connectivity index (χ4v) is 3.39. The first-order valence-electron chi connectivity index (χ1n) is 8.24. The van der Waals surface area contributed by atoms with Gasteiger partial charge in [0.25, 0.3) is 0 Å². The zero-order chi connectivity index (χ0) is 15.1. The fraction of sp³-hybridized carbons (Fsp3) is 0.875. The van der Waals surface area contributed by atoms with E-state index >= 15 is 0 Å². The number of aliphatic carboxylic acids is 1. The number of ether oxygens (including phenoxy) is 1. The Morgan fingerprint density at radius 1 is 1.14 bits per heavy atom. The molecule has 0 spiro atoms. The van der Waals surface area contributed by atoms with Crippen molar-refractivity contribution < 1.29 is 19.4 Å². The van der Waals surface area contributed by atoms with Gasteiger partial charge in [0.05, 0.1) is 11.5 Å². The molecule has 0 bridgehead atoms. The SMILES string of the molecule is O=C(CCC1CCCO1)NCC1(C(=O)O)CCCCCC1. The molecule has 5 heteroatoms. The first-order chi connectivity index (χ1) is 10.1. The van der Waals surface area contributed by atoms with E-state index in [2.05, 4.69) is 5.32 Å². The molecule has 1 unspecified atom stereocenters. The van der Waals surface area contributed by atoms with Crippen LogP contribution in [-0.4, -0.2) is 36.2 Å². The highest BCUT2D eigenvalue weighted by Crippen LogP contribution is 2.34. The van der Waals surface area contributed by atoms with Crippen LogP contribution in [0.2, 0.25) is 0 Å². The average molecular weight is 297 g/mol. The second kappa shape index (κ2) is 7.78. The largest absolute Gasteiger partial charge is 0.481 e. The molecule has 2 aliphatic rings. The van der Waals surface area contributed by atoms with Gasteiger partial charge < -0.3 is 15.2 Å². The number of hydrogen-bond donors (Lipinski definition) is 2. The summed E-state index contributed by atoms with van der Waals surface area (Å²) in [7, 11) is 0. The second-order valence-corrected chi connectivity index (χ2v) is 6.45. The summed E-state index contributed by atoms with van der Waals surface area (Å²) in [5.74, 6) is -0.806. The summed E-state index contributed by atoms with van der Waals surface area (Å²) in [6, 6.07) is 0. The van der Waals surface area contributed by atoms with Crippen LogP contribution in [-0.2, 0) is 14.3 Å². The van der Waals surface area contributed by atoms with Crippen LogP contribution in [0.4, 0.5) is 0 Å². The first kappa shape index (κ1) is 16.3. The third-order valence-corrected chi connectivity index (χ3v) is 4.86. The number of rotatable bonds is 6. The van der Waals surface area contributed by atoms with Crippen LogP contribution in [0.1, 0.15) is 64.2 Å². The Morgan fingerprint density at radius 3 is 2.43 bits per heavy atom. The lowest BCUT2D eigenvalue weighted by Crippen LogP contribution is -2.43. The van der Waals surface area contributed by atoms with E-state index in [4.69, 9.17) is 4.74 Å². The molecule has 0 aromatic rings. The van der Waals surface area contributed by atoms with Gasteiger partial charge >= 0.3 is 5.97 Å². The smallest absolute Gasteiger partial charge is 0.311 e. The molecular weight excluding hydrogens is 270 g/mol. The molecule has 1 saturated carbocycles. The van der Waals surface area contributed by atoms with Crippen LogP contribution >= 0.6 is 0 Å². The number of carbonyl (C=O) groups excluding carboxylic acids is 1. The third-order valence-electron chi connectivity index (χ3n) is 4.86. The number of amides is 1. The van der Waals surface area contributed by atoms with Gasteiger partial charge in [-0.05, 0) is 32.1 Å². The van der Waals surface area contributed by atoms with Gasteiger partial charge in [0.15, 0.2) is 0 Å². The van der Waals surface area contributed by atoms with Gasteiger partial charge in [-0.25, -0.2) is 0 Å². The Balaban J connectivity index is 1.77. The second-order valence-electron chi connectivity index (χ2n) is 6.45. The maximum atomic E-state index is 11.9. The van der Waals surface area contributed by atoms with Crippen molar-refractivity contribution in [3.05, 3.63) is 0 Å². The van der Waals surface area contributed by atoms with Gasteiger partial charge in [0.2, 0.25) is 5.91 Å². The Kier molecular flexibility index (Phi) is 6.03. The van der Waals surface area contributed by atoms with Gasteiger partial charge in [0.1, 0.15) is 0 Å². The lowest BCUT2D eigenvalue weighted by molar-refractivity contribution is -0.149. The van der Waals surface area contributed by atoms with Gasteiger partial charge in [0, 0.05) is 19.6 Å². The third kappa shape index (κ3) is 4.70. The summed E-state index contributed by atoms with van der Waals surface area (Å²) in [6.45, 7) is 1.07. The van der Waals surface area contributed by atoms with Crippen molar-refractivity contribution in [2.45, 2.75) is 70.3 Å². The number of carboxylic acid groups (broad SMARTS) is 1. The summed E-state index contributed by atoms with van der Waals surface area (Å²) in [5.41, 5.74) is -0.754. The molecule has 1 atom stereocenters. The Hall–Kier alpha value is -1.10. The number of hydrogen-bond acceptors (Lipinski definition) is 3. The van der Waals surface area contributed by atoms with E-state index in [1.165, 1.54) is 0 Å². The summed E-state index contributed by atoms with van der Waals surface area (Å²) in [5, 5.41) is 12.4. The molecule has 1 aliphatic heterocycles. The standard InChI is InChI=1S/C16H27NO4/c18-14(8-7-13-6-5-11-21-13)17-12-16(15(19)20)9-3-1-2-4-10-16/h13H,1-12H2,(H,17,18)(H,19,20). The van der Waals surface area contributed by atoms with Crippen molar-refractivity contribution in [3.63, 3.8) is 0 Å². The van der Waals surface area contributed by atoms with Crippen molar-refractivity contribution in [2.24, 2.45) is 5.41 Å². The van der Waals surface area contributed by atoms with Crippen LogP contribution in [0.5, 0.6) is 0 Å². The number of carboxylic acids is 1. The van der Waals surface area contributed by atoms with E-state index < -0.39 is 11.4 Å². The molecule has 0 aromatic heterocycles. The van der Waals surface area contributed by atoms with E-state index in [0.717, 1.165) is 51.6 Å². The lowest BCUT2D eigenvalue weighted by atomic mass is 9.80. The molecular formula is C16H27NO4. The van der Waals surface area contributed by atoms with E-state index in [0.29, 0.717) is 19.3 Å². The van der Waals surface area contributed by atoms with Crippen LogP contribution in [0, 0.1) is 5.41 Å². The molecule has 1 aliphatic carbocycles. The van der Waals surface area contributed by atoms with Crippen molar-refractivity contribution in [3.8, 4) is 0 Å². The highest BCUT2D eigenvalue weighted by molar-refractivity contribution is 5.79. The van der Waals surface area contributed by atoms with E-state index in [1.54, 1.807) is 0 Å². The molecule has 2 N–H and O–H groups in total. The molecule has 120 valence electrons.